The van der Waals surface area contributed by atoms with Gasteiger partial charge in [-0.3, -0.25) is 4.79 Å². The summed E-state index contributed by atoms with van der Waals surface area (Å²) >= 11 is 0. The van der Waals surface area contributed by atoms with Crippen molar-refractivity contribution >= 4 is 11.9 Å². The normalized spacial score (nSPS) is 11.9. The maximum Gasteiger partial charge on any atom is 0.396 e. The highest BCUT2D eigenvalue weighted by molar-refractivity contribution is 6.32. The lowest BCUT2D eigenvalue weighted by atomic mass is 10.1. The molecule has 1 aromatic rings. The van der Waals surface area contributed by atoms with E-state index < -0.39 is 11.9 Å². The van der Waals surface area contributed by atoms with Crippen molar-refractivity contribution in [3.8, 4) is 5.75 Å². The zero-order valence-corrected chi connectivity index (χ0v) is 12.9. The van der Waals surface area contributed by atoms with Crippen molar-refractivity contribution in [2.45, 2.75) is 13.0 Å². The summed E-state index contributed by atoms with van der Waals surface area (Å²) in [6.45, 7) is 2.16. The Balaban J connectivity index is 2.69. The monoisotopic (exact) mass is 294 g/mol. The third-order valence-electron chi connectivity index (χ3n) is 3.04. The number of amides is 1. The Morgan fingerprint density at radius 1 is 1.24 bits per heavy atom. The van der Waals surface area contributed by atoms with E-state index in [0.29, 0.717) is 6.54 Å². The van der Waals surface area contributed by atoms with Crippen molar-refractivity contribution in [3.63, 3.8) is 0 Å². The first-order valence-electron chi connectivity index (χ1n) is 6.74. The first-order chi connectivity index (χ1) is 9.99. The van der Waals surface area contributed by atoms with Crippen LogP contribution in [0.2, 0.25) is 0 Å². The van der Waals surface area contributed by atoms with Crippen LogP contribution in [-0.4, -0.2) is 51.1 Å². The van der Waals surface area contributed by atoms with E-state index in [9.17, 15) is 9.59 Å². The molecule has 0 aliphatic rings. The number of hydrogen-bond donors (Lipinski definition) is 1. The minimum absolute atomic E-state index is 0.0470. The molecule has 1 aromatic carbocycles. The quantitative estimate of drug-likeness (QED) is 0.625. The maximum absolute atomic E-state index is 11.6. The van der Waals surface area contributed by atoms with Gasteiger partial charge in [0.25, 0.3) is 0 Å². The molecule has 1 atom stereocenters. The van der Waals surface area contributed by atoms with Crippen LogP contribution in [0.1, 0.15) is 18.5 Å². The van der Waals surface area contributed by atoms with Crippen LogP contribution in [0.5, 0.6) is 5.75 Å². The molecule has 1 amide bonds. The molecule has 0 aliphatic carbocycles. The third-order valence-corrected chi connectivity index (χ3v) is 3.04. The average molecular weight is 294 g/mol. The Morgan fingerprint density at radius 3 is 2.33 bits per heavy atom. The summed E-state index contributed by atoms with van der Waals surface area (Å²) in [5.41, 5.74) is 1.02. The van der Waals surface area contributed by atoms with Crippen LogP contribution in [0.15, 0.2) is 24.3 Å². The van der Waals surface area contributed by atoms with Gasteiger partial charge in [0.1, 0.15) is 5.75 Å². The largest absolute Gasteiger partial charge is 0.497 e. The van der Waals surface area contributed by atoms with Gasteiger partial charge in [-0.15, -0.1) is 0 Å². The van der Waals surface area contributed by atoms with Crippen molar-refractivity contribution in [1.82, 2.24) is 10.2 Å². The molecule has 116 valence electrons. The summed E-state index contributed by atoms with van der Waals surface area (Å²) in [7, 11) is 5.43. The lowest BCUT2D eigenvalue weighted by Gasteiger charge is -2.25. The van der Waals surface area contributed by atoms with Gasteiger partial charge in [-0.1, -0.05) is 12.1 Å². The standard InChI is InChI=1S/C15H22N2O4/c1-5-21-15(19)14(18)16-10-13(17(2)3)11-6-8-12(20-4)9-7-11/h6-9,13H,5,10H2,1-4H3,(H,16,18). The lowest BCUT2D eigenvalue weighted by molar-refractivity contribution is -0.154. The second kappa shape index (κ2) is 8.26. The number of esters is 1. The van der Waals surface area contributed by atoms with E-state index >= 15 is 0 Å². The van der Waals surface area contributed by atoms with E-state index in [0.717, 1.165) is 11.3 Å². The van der Waals surface area contributed by atoms with Crippen LogP contribution in [0.25, 0.3) is 0 Å². The number of nitrogens with zero attached hydrogens (tertiary/aromatic N) is 1. The van der Waals surface area contributed by atoms with Gasteiger partial charge in [0.15, 0.2) is 0 Å². The van der Waals surface area contributed by atoms with Crippen molar-refractivity contribution < 1.29 is 19.1 Å². The number of rotatable bonds is 6. The van der Waals surface area contributed by atoms with Gasteiger partial charge in [0.2, 0.25) is 0 Å². The number of carbonyl (C=O) groups excluding carboxylic acids is 2. The van der Waals surface area contributed by atoms with Crippen LogP contribution in [0, 0.1) is 0 Å². The Kier molecular flexibility index (Phi) is 6.68. The molecule has 1 rings (SSSR count). The van der Waals surface area contributed by atoms with Crippen molar-refractivity contribution in [2.75, 3.05) is 34.4 Å². The number of likely N-dealkylation sites (N-methyl/N-ethyl adjacent to an activating group) is 1. The highest BCUT2D eigenvalue weighted by Crippen LogP contribution is 2.20. The van der Waals surface area contributed by atoms with Gasteiger partial charge < -0.3 is 19.7 Å². The molecule has 0 radical (unpaired) electrons. The molecular formula is C15H22N2O4. The molecule has 0 fully saturated rings. The van der Waals surface area contributed by atoms with Crippen LogP contribution in [0.3, 0.4) is 0 Å². The molecule has 0 aromatic heterocycles. The summed E-state index contributed by atoms with van der Waals surface area (Å²) in [4.78, 5) is 24.8. The van der Waals surface area contributed by atoms with E-state index in [1.54, 1.807) is 14.0 Å². The van der Waals surface area contributed by atoms with Gasteiger partial charge in [-0.25, -0.2) is 4.79 Å². The molecule has 6 heteroatoms. The molecule has 0 bridgehead atoms. The SMILES string of the molecule is CCOC(=O)C(=O)NCC(c1ccc(OC)cc1)N(C)C. The van der Waals surface area contributed by atoms with Crippen molar-refractivity contribution in [1.29, 1.82) is 0 Å². The van der Waals surface area contributed by atoms with E-state index in [2.05, 4.69) is 10.1 Å². The highest BCUT2D eigenvalue weighted by Gasteiger charge is 2.19. The predicted octanol–water partition coefficient (Wildman–Crippen LogP) is 0.977. The molecule has 0 saturated carbocycles. The van der Waals surface area contributed by atoms with Crippen LogP contribution in [0.4, 0.5) is 0 Å². The summed E-state index contributed by atoms with van der Waals surface area (Å²) in [5.74, 6) is -0.811. The molecule has 0 aliphatic heterocycles. The fourth-order valence-electron chi connectivity index (χ4n) is 1.88. The Labute approximate surface area is 125 Å². The van der Waals surface area contributed by atoms with Crippen molar-refractivity contribution in [2.24, 2.45) is 0 Å². The minimum Gasteiger partial charge on any atom is -0.497 e. The Bertz CT molecular complexity index is 471. The second-order valence-electron chi connectivity index (χ2n) is 4.68. The molecule has 0 spiro atoms. The predicted molar refractivity (Wildman–Crippen MR) is 79.1 cm³/mol. The Hall–Kier alpha value is -2.08. The fourth-order valence-corrected chi connectivity index (χ4v) is 1.88. The number of hydrogen-bond acceptors (Lipinski definition) is 5. The molecule has 6 nitrogen and oxygen atoms in total. The summed E-state index contributed by atoms with van der Waals surface area (Å²) < 4.78 is 9.77. The summed E-state index contributed by atoms with van der Waals surface area (Å²) in [6, 6.07) is 7.53. The lowest BCUT2D eigenvalue weighted by Crippen LogP contribution is -2.38. The van der Waals surface area contributed by atoms with Gasteiger partial charge in [0.05, 0.1) is 19.8 Å². The molecule has 0 saturated heterocycles. The first-order valence-corrected chi connectivity index (χ1v) is 6.74. The van der Waals surface area contributed by atoms with E-state index in [4.69, 9.17) is 4.74 Å². The van der Waals surface area contributed by atoms with Crippen LogP contribution >= 0.6 is 0 Å². The van der Waals surface area contributed by atoms with Gasteiger partial charge in [0, 0.05) is 6.54 Å². The van der Waals surface area contributed by atoms with Crippen LogP contribution < -0.4 is 10.1 Å². The molecule has 1 unspecified atom stereocenters. The maximum atomic E-state index is 11.6. The first kappa shape index (κ1) is 17.0. The van der Waals surface area contributed by atoms with Gasteiger partial charge in [-0.05, 0) is 38.7 Å². The molecule has 1 N–H and O–H groups in total. The Morgan fingerprint density at radius 2 is 1.86 bits per heavy atom. The summed E-state index contributed by atoms with van der Waals surface area (Å²) in [5, 5.41) is 2.59. The van der Waals surface area contributed by atoms with Crippen molar-refractivity contribution in [3.05, 3.63) is 29.8 Å². The third kappa shape index (κ3) is 5.07. The smallest absolute Gasteiger partial charge is 0.396 e. The molecule has 21 heavy (non-hydrogen) atoms. The van der Waals surface area contributed by atoms with E-state index in [1.807, 2.05) is 43.3 Å². The van der Waals surface area contributed by atoms with Crippen LogP contribution in [-0.2, 0) is 14.3 Å². The topological polar surface area (TPSA) is 67.9 Å². The minimum atomic E-state index is -0.857. The van der Waals surface area contributed by atoms with E-state index in [-0.39, 0.29) is 12.6 Å². The second-order valence-corrected chi connectivity index (χ2v) is 4.68. The summed E-state index contributed by atoms with van der Waals surface area (Å²) in [6.07, 6.45) is 0. The van der Waals surface area contributed by atoms with E-state index in [1.165, 1.54) is 0 Å². The number of methoxy groups -OCH3 is 1. The zero-order valence-electron chi connectivity index (χ0n) is 12.9. The van der Waals surface area contributed by atoms with Gasteiger partial charge >= 0.3 is 11.9 Å². The molecular weight excluding hydrogens is 272 g/mol. The number of nitrogens with one attached hydrogen (secondary N) is 1. The fraction of sp³-hybridized carbons (Fsp3) is 0.467. The zero-order chi connectivity index (χ0) is 15.8. The number of benzene rings is 1. The average Bonchev–Trinajstić information content (AvgIpc) is 2.47. The van der Waals surface area contributed by atoms with Gasteiger partial charge in [-0.2, -0.15) is 0 Å². The highest BCUT2D eigenvalue weighted by atomic mass is 16.5. The molecule has 0 heterocycles. The number of ether oxygens (including phenoxy) is 2. The number of carbonyl (C=O) groups is 2.